The maximum Gasteiger partial charge on any atom is 0.217 e. The number of nitrogens with two attached hydrogens (primary N) is 1. The molecule has 0 aliphatic heterocycles. The van der Waals surface area contributed by atoms with Gasteiger partial charge in [0.25, 0.3) is 0 Å². The van der Waals surface area contributed by atoms with Gasteiger partial charge in [-0.15, -0.1) is 0 Å². The number of rotatable bonds is 5. The van der Waals surface area contributed by atoms with Crippen LogP contribution in [0, 0.1) is 0 Å². The van der Waals surface area contributed by atoms with E-state index < -0.39 is 0 Å². The zero-order valence-electron chi connectivity index (χ0n) is 8.37. The summed E-state index contributed by atoms with van der Waals surface area (Å²) in [4.78, 5) is 14.7. The van der Waals surface area contributed by atoms with Crippen LogP contribution in [0.3, 0.4) is 0 Å². The number of amides is 1. The number of carbonyl (C=O) groups excluding carboxylic acids is 1. The normalized spacial score (nSPS) is 11.6. The maximum absolute atomic E-state index is 10.5. The van der Waals surface area contributed by atoms with E-state index in [2.05, 4.69) is 9.80 Å². The molecule has 0 spiro atoms. The van der Waals surface area contributed by atoms with Crippen molar-refractivity contribution in [2.45, 2.75) is 19.0 Å². The van der Waals surface area contributed by atoms with Crippen molar-refractivity contribution in [3.8, 4) is 0 Å². The zero-order chi connectivity index (χ0) is 9.72. The SMILES string of the molecule is CN(C)C(CCC(N)=O)N(C)C. The van der Waals surface area contributed by atoms with Gasteiger partial charge in [-0.25, -0.2) is 0 Å². The van der Waals surface area contributed by atoms with Gasteiger partial charge in [-0.1, -0.05) is 0 Å². The first-order chi connectivity index (χ1) is 5.45. The van der Waals surface area contributed by atoms with E-state index in [1.54, 1.807) is 0 Å². The van der Waals surface area contributed by atoms with E-state index in [-0.39, 0.29) is 12.1 Å². The van der Waals surface area contributed by atoms with E-state index >= 15 is 0 Å². The lowest BCUT2D eigenvalue weighted by atomic mass is 10.2. The number of hydrogen-bond acceptors (Lipinski definition) is 3. The molecule has 0 atom stereocenters. The molecule has 1 amide bonds. The largest absolute Gasteiger partial charge is 0.370 e. The Morgan fingerprint density at radius 1 is 1.25 bits per heavy atom. The summed E-state index contributed by atoms with van der Waals surface area (Å²) in [6.07, 6.45) is 1.52. The molecule has 0 saturated carbocycles. The Hall–Kier alpha value is -0.610. The molecular weight excluding hydrogens is 154 g/mol. The first-order valence-electron chi connectivity index (χ1n) is 4.06. The minimum Gasteiger partial charge on any atom is -0.370 e. The molecule has 0 aliphatic rings. The Kier molecular flexibility index (Phi) is 4.85. The molecule has 0 saturated heterocycles. The third-order valence-corrected chi connectivity index (χ3v) is 1.84. The Labute approximate surface area is 74.3 Å². The molecule has 0 aromatic rings. The molecule has 0 aromatic carbocycles. The topological polar surface area (TPSA) is 49.6 Å². The van der Waals surface area contributed by atoms with Gasteiger partial charge < -0.3 is 5.73 Å². The molecule has 0 aliphatic carbocycles. The van der Waals surface area contributed by atoms with Gasteiger partial charge in [0.2, 0.25) is 5.91 Å². The van der Waals surface area contributed by atoms with Gasteiger partial charge in [0.1, 0.15) is 0 Å². The van der Waals surface area contributed by atoms with Crippen LogP contribution in [0.1, 0.15) is 12.8 Å². The standard InChI is InChI=1S/C8H19N3O/c1-10(2)8(11(3)4)6-5-7(9)12/h8H,5-6H2,1-4H3,(H2,9,12). The average Bonchev–Trinajstić information content (AvgIpc) is 1.84. The smallest absolute Gasteiger partial charge is 0.217 e. The lowest BCUT2D eigenvalue weighted by Gasteiger charge is -2.30. The third kappa shape index (κ3) is 4.31. The van der Waals surface area contributed by atoms with Crippen molar-refractivity contribution in [1.29, 1.82) is 0 Å². The summed E-state index contributed by atoms with van der Waals surface area (Å²) in [6, 6.07) is 0. The van der Waals surface area contributed by atoms with Crippen LogP contribution in [0.15, 0.2) is 0 Å². The summed E-state index contributed by atoms with van der Waals surface area (Å²) >= 11 is 0. The summed E-state index contributed by atoms with van der Waals surface area (Å²) < 4.78 is 0. The molecule has 2 N–H and O–H groups in total. The molecule has 0 unspecified atom stereocenters. The highest BCUT2D eigenvalue weighted by atomic mass is 16.1. The van der Waals surface area contributed by atoms with Crippen molar-refractivity contribution in [2.24, 2.45) is 5.73 Å². The fraction of sp³-hybridized carbons (Fsp3) is 0.875. The molecule has 0 bridgehead atoms. The van der Waals surface area contributed by atoms with Crippen LogP contribution in [0.25, 0.3) is 0 Å². The van der Waals surface area contributed by atoms with Crippen molar-refractivity contribution >= 4 is 5.91 Å². The van der Waals surface area contributed by atoms with Crippen LogP contribution in [0.2, 0.25) is 0 Å². The zero-order valence-corrected chi connectivity index (χ0v) is 8.37. The molecule has 0 aromatic heterocycles. The summed E-state index contributed by atoms with van der Waals surface area (Å²) in [5, 5.41) is 0. The third-order valence-electron chi connectivity index (χ3n) is 1.84. The predicted molar refractivity (Wildman–Crippen MR) is 49.6 cm³/mol. The summed E-state index contributed by atoms with van der Waals surface area (Å²) in [6.45, 7) is 0. The van der Waals surface area contributed by atoms with Crippen LogP contribution in [-0.2, 0) is 4.79 Å². The molecule has 4 heteroatoms. The van der Waals surface area contributed by atoms with E-state index in [4.69, 9.17) is 5.73 Å². The van der Waals surface area contributed by atoms with Gasteiger partial charge in [0.15, 0.2) is 0 Å². The van der Waals surface area contributed by atoms with Crippen LogP contribution in [0.4, 0.5) is 0 Å². The second-order valence-electron chi connectivity index (χ2n) is 3.41. The molecule has 72 valence electrons. The van der Waals surface area contributed by atoms with Gasteiger partial charge in [0, 0.05) is 6.42 Å². The van der Waals surface area contributed by atoms with E-state index in [1.807, 2.05) is 28.2 Å². The molecule has 4 nitrogen and oxygen atoms in total. The fourth-order valence-electron chi connectivity index (χ4n) is 1.25. The van der Waals surface area contributed by atoms with Crippen molar-refractivity contribution in [3.05, 3.63) is 0 Å². The Morgan fingerprint density at radius 2 is 1.67 bits per heavy atom. The first-order valence-corrected chi connectivity index (χ1v) is 4.06. The van der Waals surface area contributed by atoms with Gasteiger partial charge in [-0.2, -0.15) is 0 Å². The fourth-order valence-corrected chi connectivity index (χ4v) is 1.25. The predicted octanol–water partition coefficient (Wildman–Crippen LogP) is -0.299. The Balaban J connectivity index is 3.88. The maximum atomic E-state index is 10.5. The summed E-state index contributed by atoms with van der Waals surface area (Å²) in [7, 11) is 7.97. The number of primary amides is 1. The number of nitrogens with zero attached hydrogens (tertiary/aromatic N) is 2. The number of carbonyl (C=O) groups is 1. The van der Waals surface area contributed by atoms with E-state index in [1.165, 1.54) is 0 Å². The van der Waals surface area contributed by atoms with E-state index in [0.717, 1.165) is 6.42 Å². The minimum absolute atomic E-state index is 0.233. The lowest BCUT2D eigenvalue weighted by molar-refractivity contribution is -0.118. The second kappa shape index (κ2) is 5.11. The highest BCUT2D eigenvalue weighted by Crippen LogP contribution is 2.04. The highest BCUT2D eigenvalue weighted by Gasteiger charge is 2.13. The van der Waals surface area contributed by atoms with Gasteiger partial charge in [0.05, 0.1) is 6.17 Å². The van der Waals surface area contributed by atoms with Gasteiger partial charge in [-0.3, -0.25) is 14.6 Å². The summed E-state index contributed by atoms with van der Waals surface area (Å²) in [5.74, 6) is -0.233. The lowest BCUT2D eigenvalue weighted by Crippen LogP contribution is -2.41. The molecule has 0 rings (SSSR count). The minimum atomic E-state index is -0.233. The molecule has 0 radical (unpaired) electrons. The quantitative estimate of drug-likeness (QED) is 0.581. The monoisotopic (exact) mass is 173 g/mol. The molecule has 0 fully saturated rings. The van der Waals surface area contributed by atoms with E-state index in [9.17, 15) is 4.79 Å². The van der Waals surface area contributed by atoms with Crippen LogP contribution in [0.5, 0.6) is 0 Å². The highest BCUT2D eigenvalue weighted by molar-refractivity contribution is 5.73. The molecule has 12 heavy (non-hydrogen) atoms. The number of hydrogen-bond donors (Lipinski definition) is 1. The molecular formula is C8H19N3O. The van der Waals surface area contributed by atoms with Gasteiger partial charge in [-0.05, 0) is 34.6 Å². The van der Waals surface area contributed by atoms with Crippen LogP contribution < -0.4 is 5.73 Å². The van der Waals surface area contributed by atoms with Crippen molar-refractivity contribution < 1.29 is 4.79 Å². The van der Waals surface area contributed by atoms with Crippen LogP contribution >= 0.6 is 0 Å². The Bertz CT molecular complexity index is 137. The molecule has 0 heterocycles. The average molecular weight is 173 g/mol. The Morgan fingerprint density at radius 3 is 1.92 bits per heavy atom. The summed E-state index contributed by atoms with van der Waals surface area (Å²) in [5.41, 5.74) is 5.07. The van der Waals surface area contributed by atoms with E-state index in [0.29, 0.717) is 6.42 Å². The van der Waals surface area contributed by atoms with Crippen LogP contribution in [-0.4, -0.2) is 50.1 Å². The van der Waals surface area contributed by atoms with Gasteiger partial charge >= 0.3 is 0 Å². The van der Waals surface area contributed by atoms with Crippen molar-refractivity contribution in [3.63, 3.8) is 0 Å². The second-order valence-corrected chi connectivity index (χ2v) is 3.41. The first kappa shape index (κ1) is 11.4. The van der Waals surface area contributed by atoms with Crippen molar-refractivity contribution in [2.75, 3.05) is 28.2 Å². The van der Waals surface area contributed by atoms with Crippen molar-refractivity contribution in [1.82, 2.24) is 9.80 Å².